The third kappa shape index (κ3) is 7.83. The van der Waals surface area contributed by atoms with Crippen LogP contribution in [0, 0.1) is 5.92 Å². The molecule has 1 unspecified atom stereocenters. The fourth-order valence-corrected chi connectivity index (χ4v) is 4.15. The van der Waals surface area contributed by atoms with Gasteiger partial charge in [0.15, 0.2) is 0 Å². The van der Waals surface area contributed by atoms with E-state index in [2.05, 4.69) is 38.7 Å². The predicted molar refractivity (Wildman–Crippen MR) is 158 cm³/mol. The van der Waals surface area contributed by atoms with Crippen LogP contribution >= 0.6 is 0 Å². The van der Waals surface area contributed by atoms with Crippen LogP contribution in [0.2, 0.25) is 0 Å². The van der Waals surface area contributed by atoms with E-state index in [-0.39, 0.29) is 12.2 Å². The lowest BCUT2D eigenvalue weighted by Crippen LogP contribution is -2.19. The number of rotatable bonds is 10. The molecule has 2 aromatic carbocycles. The van der Waals surface area contributed by atoms with Crippen LogP contribution in [-0.2, 0) is 12.8 Å². The fraction of sp³-hybridized carbons (Fsp3) is 0.467. The van der Waals surface area contributed by atoms with Crippen molar-refractivity contribution in [3.8, 4) is 22.6 Å². The number of nitrogens with two attached hydrogens (primary N) is 2. The van der Waals surface area contributed by atoms with Gasteiger partial charge in [0.1, 0.15) is 23.7 Å². The number of nitrogens with one attached hydrogen (secondary N) is 1. The summed E-state index contributed by atoms with van der Waals surface area (Å²) in [5.41, 5.74) is 17.0. The molecule has 1 amide bonds. The lowest BCUT2D eigenvalue weighted by atomic mass is 9.88. The molecule has 1 heterocycles. The number of hydrogen-bond donors (Lipinski definition) is 3. The van der Waals surface area contributed by atoms with Crippen molar-refractivity contribution in [2.24, 2.45) is 22.4 Å². The Hall–Kier alpha value is -3.32. The second kappa shape index (κ2) is 16.4. The Morgan fingerprint density at radius 1 is 1.19 bits per heavy atom. The number of anilines is 1. The van der Waals surface area contributed by atoms with Crippen molar-refractivity contribution in [3.05, 3.63) is 47.7 Å². The molecule has 1 aliphatic heterocycles. The summed E-state index contributed by atoms with van der Waals surface area (Å²) in [5, 5.41) is 3.10. The molecular weight excluding hydrogens is 464 g/mol. The quantitative estimate of drug-likeness (QED) is 0.331. The van der Waals surface area contributed by atoms with Crippen molar-refractivity contribution < 1.29 is 14.3 Å². The van der Waals surface area contributed by atoms with Gasteiger partial charge < -0.3 is 26.3 Å². The van der Waals surface area contributed by atoms with Gasteiger partial charge in [-0.15, -0.1) is 0 Å². The maximum Gasteiger partial charge on any atom is 0.254 e. The van der Waals surface area contributed by atoms with Gasteiger partial charge in [-0.25, -0.2) is 0 Å². The van der Waals surface area contributed by atoms with Crippen LogP contribution in [0.25, 0.3) is 11.1 Å². The summed E-state index contributed by atoms with van der Waals surface area (Å²) in [6.07, 6.45) is 7.38. The average Bonchev–Trinajstić information content (AvgIpc) is 2.92. The Morgan fingerprint density at radius 3 is 2.38 bits per heavy atom. The van der Waals surface area contributed by atoms with E-state index in [9.17, 15) is 4.79 Å². The van der Waals surface area contributed by atoms with Crippen LogP contribution < -0.4 is 26.3 Å². The van der Waals surface area contributed by atoms with Crippen molar-refractivity contribution in [2.45, 2.75) is 67.2 Å². The van der Waals surface area contributed by atoms with Crippen LogP contribution in [0.4, 0.5) is 11.4 Å². The molecular formula is C30H46N4O3. The molecule has 204 valence electrons. The zero-order valence-electron chi connectivity index (χ0n) is 23.7. The number of amides is 1. The second-order valence-corrected chi connectivity index (χ2v) is 8.39. The third-order valence-corrected chi connectivity index (χ3v) is 5.75. The van der Waals surface area contributed by atoms with Crippen LogP contribution in [0.1, 0.15) is 75.9 Å². The maximum absolute atomic E-state index is 12.3. The molecule has 7 heteroatoms. The minimum absolute atomic E-state index is 0.259. The molecule has 0 spiro atoms. The summed E-state index contributed by atoms with van der Waals surface area (Å²) >= 11 is 0. The number of methoxy groups -OCH3 is 1. The topological polar surface area (TPSA) is 112 Å². The number of fused-ring (bicyclic) bond motifs is 1. The number of benzene rings is 2. The monoisotopic (exact) mass is 510 g/mol. The number of carbonyl (C=O) groups is 1. The highest BCUT2D eigenvalue weighted by Crippen LogP contribution is 2.44. The third-order valence-electron chi connectivity index (χ3n) is 5.75. The van der Waals surface area contributed by atoms with Gasteiger partial charge in [-0.2, -0.15) is 0 Å². The van der Waals surface area contributed by atoms with E-state index in [4.69, 9.17) is 25.9 Å². The van der Waals surface area contributed by atoms with Crippen LogP contribution in [0.15, 0.2) is 36.0 Å². The number of primary amides is 1. The molecule has 3 rings (SSSR count). The zero-order valence-corrected chi connectivity index (χ0v) is 23.7. The summed E-state index contributed by atoms with van der Waals surface area (Å²) in [6.45, 7) is 16.8. The van der Waals surface area contributed by atoms with Crippen LogP contribution in [0.5, 0.6) is 11.5 Å². The standard InChI is InChI=1S/C25H32N4O3.C3H8.C2H6/c1-5-15-10-19-20(29-14-15)11-16(12-21(19)31-4)18-13-22(32-9-8-26)23(25(27)30)24(28-7-3)17(18)6-2;1-3-2;1-2/h7,11-15,28H,3,5-6,8-10,26H2,1-2,4H3,(H2,27,30);3H2,1-2H3;1-2H3. The predicted octanol–water partition coefficient (Wildman–Crippen LogP) is 6.64. The molecule has 0 aliphatic carbocycles. The molecule has 0 radical (unpaired) electrons. The molecule has 0 saturated heterocycles. The van der Waals surface area contributed by atoms with Gasteiger partial charge in [-0.1, -0.05) is 54.5 Å². The Bertz CT molecular complexity index is 1060. The van der Waals surface area contributed by atoms with E-state index in [1.165, 1.54) is 12.6 Å². The van der Waals surface area contributed by atoms with E-state index in [0.29, 0.717) is 30.3 Å². The number of hydrogen-bond acceptors (Lipinski definition) is 6. The normalized spacial score (nSPS) is 13.2. The van der Waals surface area contributed by atoms with E-state index in [1.54, 1.807) is 7.11 Å². The van der Waals surface area contributed by atoms with Gasteiger partial charge in [-0.3, -0.25) is 9.79 Å². The first kappa shape index (κ1) is 31.7. The van der Waals surface area contributed by atoms with E-state index < -0.39 is 5.91 Å². The molecule has 37 heavy (non-hydrogen) atoms. The molecule has 0 fully saturated rings. The van der Waals surface area contributed by atoms with E-state index in [1.807, 2.05) is 39.1 Å². The van der Waals surface area contributed by atoms with Crippen LogP contribution in [-0.4, -0.2) is 32.4 Å². The number of carbonyl (C=O) groups excluding carboxylic acids is 1. The molecule has 1 aliphatic rings. The summed E-state index contributed by atoms with van der Waals surface area (Å²) in [5.74, 6) is 1.01. The molecule has 5 N–H and O–H groups in total. The first-order chi connectivity index (χ1) is 17.9. The first-order valence-electron chi connectivity index (χ1n) is 13.4. The van der Waals surface area contributed by atoms with Crippen molar-refractivity contribution in [1.82, 2.24) is 0 Å². The number of ether oxygens (including phenoxy) is 2. The van der Waals surface area contributed by atoms with Gasteiger partial charge in [-0.05, 0) is 66.3 Å². The highest BCUT2D eigenvalue weighted by atomic mass is 16.5. The summed E-state index contributed by atoms with van der Waals surface area (Å²) < 4.78 is 11.6. The lowest BCUT2D eigenvalue weighted by Gasteiger charge is -2.23. The minimum Gasteiger partial charge on any atom is -0.496 e. The smallest absolute Gasteiger partial charge is 0.254 e. The highest BCUT2D eigenvalue weighted by molar-refractivity contribution is 6.04. The largest absolute Gasteiger partial charge is 0.496 e. The zero-order chi connectivity index (χ0) is 28.0. The molecule has 0 saturated carbocycles. The number of aliphatic imine (C=N–C) groups is 1. The number of nitrogens with zero attached hydrogens (tertiary/aromatic N) is 1. The second-order valence-electron chi connectivity index (χ2n) is 8.39. The Morgan fingerprint density at radius 2 is 1.86 bits per heavy atom. The molecule has 7 nitrogen and oxygen atoms in total. The van der Waals surface area contributed by atoms with Crippen molar-refractivity contribution in [2.75, 3.05) is 25.6 Å². The molecule has 0 aromatic heterocycles. The van der Waals surface area contributed by atoms with Gasteiger partial charge in [0.05, 0.1) is 18.5 Å². The highest BCUT2D eigenvalue weighted by Gasteiger charge is 2.25. The molecule has 2 aromatic rings. The summed E-state index contributed by atoms with van der Waals surface area (Å²) in [6, 6.07) is 5.93. The summed E-state index contributed by atoms with van der Waals surface area (Å²) in [4.78, 5) is 17.1. The van der Waals surface area contributed by atoms with Crippen molar-refractivity contribution >= 4 is 23.5 Å². The van der Waals surface area contributed by atoms with Crippen molar-refractivity contribution in [3.63, 3.8) is 0 Å². The Labute approximate surface area is 223 Å². The Kier molecular flexibility index (Phi) is 14.1. The van der Waals surface area contributed by atoms with E-state index in [0.717, 1.165) is 46.5 Å². The SMILES string of the molecule is C=CNc1c(CC)c(-c2cc3c(c(OC)c2)CC(CC)C=N3)cc(OCCN)c1C(N)=O.CC.CCC. The minimum atomic E-state index is -0.583. The van der Waals surface area contributed by atoms with Crippen molar-refractivity contribution in [1.29, 1.82) is 0 Å². The van der Waals surface area contributed by atoms with Crippen LogP contribution in [0.3, 0.4) is 0 Å². The lowest BCUT2D eigenvalue weighted by molar-refractivity contribution is 0.0997. The first-order valence-corrected chi connectivity index (χ1v) is 13.4. The molecule has 0 bridgehead atoms. The average molecular weight is 511 g/mol. The summed E-state index contributed by atoms with van der Waals surface area (Å²) in [7, 11) is 1.68. The van der Waals surface area contributed by atoms with Gasteiger partial charge in [0.2, 0.25) is 0 Å². The molecule has 1 atom stereocenters. The fourth-order valence-electron chi connectivity index (χ4n) is 4.15. The maximum atomic E-state index is 12.3. The van der Waals surface area contributed by atoms with Gasteiger partial charge in [0.25, 0.3) is 5.91 Å². The van der Waals surface area contributed by atoms with Gasteiger partial charge >= 0.3 is 0 Å². The van der Waals surface area contributed by atoms with Gasteiger partial charge in [0, 0.05) is 18.3 Å². The Balaban J connectivity index is 0.00000127. The van der Waals surface area contributed by atoms with E-state index >= 15 is 0 Å².